The van der Waals surface area contributed by atoms with Crippen molar-refractivity contribution >= 4 is 10.1 Å². The summed E-state index contributed by atoms with van der Waals surface area (Å²) in [5, 5.41) is 0. The second-order valence-corrected chi connectivity index (χ2v) is 13.2. The summed E-state index contributed by atoms with van der Waals surface area (Å²) in [6.07, 6.45) is 16.4. The van der Waals surface area contributed by atoms with Gasteiger partial charge in [-0.3, -0.25) is 4.55 Å². The van der Waals surface area contributed by atoms with Crippen LogP contribution in [0.4, 0.5) is 13.2 Å². The fraction of sp³-hybridized carbons (Fsp3) is 0.613. The van der Waals surface area contributed by atoms with Crippen LogP contribution in [0.2, 0.25) is 0 Å². The van der Waals surface area contributed by atoms with Gasteiger partial charge in [-0.25, -0.2) is 8.78 Å². The zero-order chi connectivity index (χ0) is 27.7. The highest BCUT2D eigenvalue weighted by Crippen LogP contribution is 2.49. The number of rotatable bonds is 6. The van der Waals surface area contributed by atoms with E-state index in [1.807, 2.05) is 0 Å². The Bertz CT molecular complexity index is 1240. The zero-order valence-corrected chi connectivity index (χ0v) is 23.5. The average Bonchev–Trinajstić information content (AvgIpc) is 2.95. The van der Waals surface area contributed by atoms with Gasteiger partial charge in [-0.1, -0.05) is 69.9 Å². The van der Waals surface area contributed by atoms with Crippen LogP contribution in [0.3, 0.4) is 0 Å². The quantitative estimate of drug-likeness (QED) is 0.280. The molecular formula is C31H39F3O4S. The molecule has 0 atom stereocenters. The minimum atomic E-state index is -5.31. The molecule has 0 spiro atoms. The summed E-state index contributed by atoms with van der Waals surface area (Å²) in [6.45, 7) is 1.15. The van der Waals surface area contributed by atoms with Gasteiger partial charge in [-0.05, 0) is 79.9 Å². The van der Waals surface area contributed by atoms with Crippen molar-refractivity contribution < 1.29 is 30.9 Å². The molecule has 3 aliphatic rings. The first-order chi connectivity index (χ1) is 18.7. The molecular weight excluding hydrogens is 525 g/mol. The topological polar surface area (TPSA) is 63.6 Å². The van der Waals surface area contributed by atoms with E-state index in [2.05, 4.69) is 12.1 Å². The van der Waals surface area contributed by atoms with Gasteiger partial charge < -0.3 is 4.74 Å². The number of hydrogen-bond acceptors (Lipinski definition) is 3. The Morgan fingerprint density at radius 3 is 1.54 bits per heavy atom. The molecule has 3 saturated carbocycles. The van der Waals surface area contributed by atoms with Crippen molar-refractivity contribution in [3.63, 3.8) is 0 Å². The molecule has 2 aromatic carbocycles. The van der Waals surface area contributed by atoms with E-state index >= 15 is 8.78 Å². The van der Waals surface area contributed by atoms with Gasteiger partial charge in [-0.2, -0.15) is 12.8 Å². The molecule has 39 heavy (non-hydrogen) atoms. The summed E-state index contributed by atoms with van der Waals surface area (Å²) in [5.74, 6) is -4.42. The van der Waals surface area contributed by atoms with Crippen molar-refractivity contribution in [2.45, 2.75) is 126 Å². The van der Waals surface area contributed by atoms with Gasteiger partial charge in [0.2, 0.25) is 5.82 Å². The standard InChI is InChI=1S/C31H39F3O4S/c1-19-26(32)31(39(35,36)37)28(34)27(33)29(19)38-30-24(21-13-7-3-8-14-21)17-23(20-11-5-2-6-12-20)18-25(30)22-15-9-4-10-16-22/h17-18,20-22H,2-16H2,1H3,(H,35,36,37). The zero-order valence-electron chi connectivity index (χ0n) is 22.7. The van der Waals surface area contributed by atoms with Crippen LogP contribution < -0.4 is 4.74 Å². The van der Waals surface area contributed by atoms with Gasteiger partial charge in [0.25, 0.3) is 0 Å². The normalized spacial score (nSPS) is 20.3. The highest BCUT2D eigenvalue weighted by Gasteiger charge is 2.34. The lowest BCUT2D eigenvalue weighted by atomic mass is 9.75. The molecule has 0 unspecified atom stereocenters. The molecule has 1 N–H and O–H groups in total. The van der Waals surface area contributed by atoms with E-state index in [4.69, 9.17) is 4.74 Å². The summed E-state index contributed by atoms with van der Waals surface area (Å²) in [5.41, 5.74) is 2.77. The third-order valence-electron chi connectivity index (χ3n) is 9.26. The lowest BCUT2D eigenvalue weighted by Crippen LogP contribution is -2.15. The van der Waals surface area contributed by atoms with E-state index in [-0.39, 0.29) is 11.8 Å². The summed E-state index contributed by atoms with van der Waals surface area (Å²) in [7, 11) is -5.31. The molecule has 0 amide bonds. The number of benzene rings is 2. The summed E-state index contributed by atoms with van der Waals surface area (Å²) < 4.78 is 84.2. The molecule has 3 aliphatic carbocycles. The fourth-order valence-electron chi connectivity index (χ4n) is 7.10. The van der Waals surface area contributed by atoms with Gasteiger partial charge in [-0.15, -0.1) is 0 Å². The van der Waals surface area contributed by atoms with Crippen LogP contribution in [0, 0.1) is 24.4 Å². The van der Waals surface area contributed by atoms with Crippen LogP contribution in [0.5, 0.6) is 11.5 Å². The van der Waals surface area contributed by atoms with Gasteiger partial charge in [0.1, 0.15) is 5.75 Å². The van der Waals surface area contributed by atoms with E-state index in [0.717, 1.165) is 95.1 Å². The summed E-state index contributed by atoms with van der Waals surface area (Å²) >= 11 is 0. The molecule has 214 valence electrons. The van der Waals surface area contributed by atoms with Crippen LogP contribution in [0.15, 0.2) is 17.0 Å². The van der Waals surface area contributed by atoms with E-state index in [9.17, 15) is 17.4 Å². The molecule has 2 aromatic rings. The lowest BCUT2D eigenvalue weighted by molar-refractivity contribution is 0.363. The largest absolute Gasteiger partial charge is 0.453 e. The highest BCUT2D eigenvalue weighted by molar-refractivity contribution is 7.85. The van der Waals surface area contributed by atoms with Gasteiger partial charge >= 0.3 is 10.1 Å². The maximum absolute atomic E-state index is 15.4. The third-order valence-corrected chi connectivity index (χ3v) is 10.1. The maximum atomic E-state index is 15.4. The van der Waals surface area contributed by atoms with E-state index in [1.54, 1.807) is 0 Å². The van der Waals surface area contributed by atoms with Crippen molar-refractivity contribution in [2.75, 3.05) is 0 Å². The van der Waals surface area contributed by atoms with Crippen LogP contribution in [-0.4, -0.2) is 13.0 Å². The first-order valence-corrected chi connectivity index (χ1v) is 16.1. The Labute approximate surface area is 230 Å². The van der Waals surface area contributed by atoms with E-state index in [0.29, 0.717) is 11.7 Å². The minimum Gasteiger partial charge on any atom is -0.453 e. The third kappa shape index (κ3) is 5.88. The molecule has 3 fully saturated rings. The van der Waals surface area contributed by atoms with Crippen molar-refractivity contribution in [1.29, 1.82) is 0 Å². The second-order valence-electron chi connectivity index (χ2n) is 11.8. The molecule has 0 aromatic heterocycles. The van der Waals surface area contributed by atoms with Crippen molar-refractivity contribution in [3.8, 4) is 11.5 Å². The smallest absolute Gasteiger partial charge is 0.300 e. The SMILES string of the molecule is Cc1c(F)c(S(=O)(=O)O)c(F)c(F)c1Oc1c(C2CCCCC2)cc(C2CCCCC2)cc1C1CCCCC1. The fourth-order valence-corrected chi connectivity index (χ4v) is 7.80. The van der Waals surface area contributed by atoms with E-state index < -0.39 is 43.8 Å². The Hall–Kier alpha value is -2.06. The van der Waals surface area contributed by atoms with Crippen molar-refractivity contribution in [1.82, 2.24) is 0 Å². The van der Waals surface area contributed by atoms with Gasteiger partial charge in [0.05, 0.1) is 0 Å². The van der Waals surface area contributed by atoms with Crippen LogP contribution in [-0.2, 0) is 10.1 Å². The number of halogens is 3. The molecule has 0 bridgehead atoms. The van der Waals surface area contributed by atoms with Crippen LogP contribution >= 0.6 is 0 Å². The van der Waals surface area contributed by atoms with Gasteiger partial charge in [0.15, 0.2) is 22.3 Å². The first kappa shape index (κ1) is 28.5. The average molecular weight is 565 g/mol. The van der Waals surface area contributed by atoms with Gasteiger partial charge in [0, 0.05) is 5.56 Å². The maximum Gasteiger partial charge on any atom is 0.300 e. The van der Waals surface area contributed by atoms with Crippen LogP contribution in [0.25, 0.3) is 0 Å². The molecule has 5 rings (SSSR count). The highest BCUT2D eigenvalue weighted by atomic mass is 32.2. The Morgan fingerprint density at radius 1 is 0.667 bits per heavy atom. The second kappa shape index (κ2) is 11.8. The molecule has 8 heteroatoms. The Morgan fingerprint density at radius 2 is 1.10 bits per heavy atom. The Kier molecular flexibility index (Phi) is 8.62. The molecule has 0 heterocycles. The molecule has 0 radical (unpaired) electrons. The lowest BCUT2D eigenvalue weighted by Gasteiger charge is -2.32. The predicted octanol–water partition coefficient (Wildman–Crippen LogP) is 9.59. The molecule has 4 nitrogen and oxygen atoms in total. The number of ether oxygens (including phenoxy) is 1. The monoisotopic (exact) mass is 564 g/mol. The van der Waals surface area contributed by atoms with Crippen molar-refractivity contribution in [3.05, 3.63) is 51.8 Å². The molecule has 0 aliphatic heterocycles. The summed E-state index contributed by atoms with van der Waals surface area (Å²) in [4.78, 5) is -1.68. The van der Waals surface area contributed by atoms with E-state index in [1.165, 1.54) is 24.8 Å². The van der Waals surface area contributed by atoms with Crippen LogP contribution in [0.1, 0.15) is 136 Å². The van der Waals surface area contributed by atoms with Crippen molar-refractivity contribution in [2.24, 2.45) is 0 Å². The number of hydrogen-bond donors (Lipinski definition) is 1. The predicted molar refractivity (Wildman–Crippen MR) is 145 cm³/mol. The summed E-state index contributed by atoms with van der Waals surface area (Å²) in [6, 6.07) is 4.42. The first-order valence-electron chi connectivity index (χ1n) is 14.7. The molecule has 0 saturated heterocycles. The Balaban J connectivity index is 1.69. The minimum absolute atomic E-state index is 0.204.